The maximum absolute atomic E-state index is 5.84. The molecule has 2 rings (SSSR count). The number of aryl methyl sites for hydroxylation is 2. The second-order valence-corrected chi connectivity index (χ2v) is 5.91. The molecule has 1 saturated heterocycles. The molecule has 0 saturated carbocycles. The number of anilines is 1. The summed E-state index contributed by atoms with van der Waals surface area (Å²) in [4.78, 5) is 4.94. The van der Waals surface area contributed by atoms with Crippen LogP contribution in [0.3, 0.4) is 0 Å². The molecule has 104 valence electrons. The van der Waals surface area contributed by atoms with Crippen molar-refractivity contribution in [3.63, 3.8) is 0 Å². The van der Waals surface area contributed by atoms with Crippen molar-refractivity contribution in [2.45, 2.75) is 45.8 Å². The van der Waals surface area contributed by atoms with Crippen molar-refractivity contribution in [1.82, 2.24) is 4.98 Å². The van der Waals surface area contributed by atoms with Gasteiger partial charge in [-0.1, -0.05) is 12.2 Å². The first-order valence-electron chi connectivity index (χ1n) is 6.51. The summed E-state index contributed by atoms with van der Waals surface area (Å²) in [7, 11) is 0. The topological polar surface area (TPSA) is 60.2 Å². The van der Waals surface area contributed by atoms with Gasteiger partial charge in [-0.3, -0.25) is 0 Å². The van der Waals surface area contributed by atoms with Gasteiger partial charge >= 0.3 is 0 Å². The molecule has 2 unspecified atom stereocenters. The first-order valence-corrected chi connectivity index (χ1v) is 6.92. The Labute approximate surface area is 119 Å². The zero-order chi connectivity index (χ0) is 14.2. The number of aromatic nitrogens is 1. The van der Waals surface area contributed by atoms with Gasteiger partial charge in [-0.2, -0.15) is 0 Å². The molecule has 0 amide bonds. The molecule has 0 radical (unpaired) electrons. The molecule has 1 aromatic rings. The van der Waals surface area contributed by atoms with Crippen LogP contribution in [0.15, 0.2) is 6.07 Å². The summed E-state index contributed by atoms with van der Waals surface area (Å²) in [6, 6.07) is 2.00. The van der Waals surface area contributed by atoms with Crippen molar-refractivity contribution in [3.05, 3.63) is 22.9 Å². The minimum atomic E-state index is -0.132. The predicted molar refractivity (Wildman–Crippen MR) is 81.7 cm³/mol. The van der Waals surface area contributed by atoms with E-state index in [1.165, 1.54) is 0 Å². The van der Waals surface area contributed by atoms with Crippen molar-refractivity contribution < 1.29 is 4.74 Å². The van der Waals surface area contributed by atoms with Crippen LogP contribution in [0, 0.1) is 13.8 Å². The number of rotatable bonds is 3. The van der Waals surface area contributed by atoms with Crippen molar-refractivity contribution in [2.75, 3.05) is 11.9 Å². The normalized spacial score (nSPS) is 26.4. The highest BCUT2D eigenvalue weighted by Crippen LogP contribution is 2.31. The first kappa shape index (κ1) is 14.2. The average Bonchev–Trinajstić information content (AvgIpc) is 2.56. The van der Waals surface area contributed by atoms with Gasteiger partial charge < -0.3 is 15.8 Å². The average molecular weight is 279 g/mol. The van der Waals surface area contributed by atoms with Gasteiger partial charge in [-0.25, -0.2) is 4.98 Å². The van der Waals surface area contributed by atoms with Gasteiger partial charge in [0.05, 0.1) is 17.2 Å². The molecule has 3 N–H and O–H groups in total. The maximum Gasteiger partial charge on any atom is 0.137 e. The summed E-state index contributed by atoms with van der Waals surface area (Å²) in [5, 5.41) is 3.50. The monoisotopic (exact) mass is 279 g/mol. The van der Waals surface area contributed by atoms with Gasteiger partial charge in [0.2, 0.25) is 0 Å². The number of nitrogens with two attached hydrogens (primary N) is 1. The third-order valence-corrected chi connectivity index (χ3v) is 4.09. The number of pyridine rings is 1. The Bertz CT molecular complexity index is 518. The Hall–Kier alpha value is -1.20. The highest BCUT2D eigenvalue weighted by Gasteiger charge is 2.37. The van der Waals surface area contributed by atoms with Gasteiger partial charge in [0.25, 0.3) is 0 Å². The van der Waals surface area contributed by atoms with Crippen LogP contribution in [-0.2, 0) is 4.74 Å². The van der Waals surface area contributed by atoms with Gasteiger partial charge in [0.1, 0.15) is 10.8 Å². The van der Waals surface area contributed by atoms with E-state index in [-0.39, 0.29) is 11.6 Å². The molecule has 1 aliphatic rings. The second-order valence-electron chi connectivity index (χ2n) is 5.47. The Morgan fingerprint density at radius 1 is 1.58 bits per heavy atom. The minimum absolute atomic E-state index is 0.132. The minimum Gasteiger partial charge on any atom is -0.389 e. The van der Waals surface area contributed by atoms with Crippen molar-refractivity contribution in [3.8, 4) is 0 Å². The largest absolute Gasteiger partial charge is 0.389 e. The Kier molecular flexibility index (Phi) is 3.78. The molecule has 1 fully saturated rings. The summed E-state index contributed by atoms with van der Waals surface area (Å²) in [5.41, 5.74) is 8.55. The van der Waals surface area contributed by atoms with Gasteiger partial charge in [0.15, 0.2) is 0 Å². The summed E-state index contributed by atoms with van der Waals surface area (Å²) < 4.78 is 5.65. The lowest BCUT2D eigenvalue weighted by molar-refractivity contribution is 0.105. The fraction of sp³-hybridized carbons (Fsp3) is 0.571. The van der Waals surface area contributed by atoms with Crippen LogP contribution >= 0.6 is 12.2 Å². The molecular formula is C14H21N3OS. The van der Waals surface area contributed by atoms with Gasteiger partial charge in [0, 0.05) is 12.3 Å². The van der Waals surface area contributed by atoms with Crippen LogP contribution in [0.5, 0.6) is 0 Å². The summed E-state index contributed by atoms with van der Waals surface area (Å²) in [5.74, 6) is 0.768. The zero-order valence-electron chi connectivity index (χ0n) is 11.9. The molecule has 2 heterocycles. The van der Waals surface area contributed by atoms with Gasteiger partial charge in [-0.05, 0) is 45.7 Å². The summed E-state index contributed by atoms with van der Waals surface area (Å²) in [6.45, 7) is 8.96. The zero-order valence-corrected chi connectivity index (χ0v) is 12.7. The van der Waals surface area contributed by atoms with E-state index in [1.54, 1.807) is 0 Å². The molecule has 0 aromatic carbocycles. The first-order chi connectivity index (χ1) is 8.83. The molecule has 1 aliphatic heterocycles. The standard InChI is InChI=1S/C14H21N3OS/c1-8-7-9(2)16-13(11(8)12(15)19)17-14(4)5-6-18-10(14)3/h7,10H,5-6H2,1-4H3,(H2,15,19)(H,16,17). The van der Waals surface area contributed by atoms with E-state index in [0.29, 0.717) is 4.99 Å². The maximum atomic E-state index is 5.84. The van der Waals surface area contributed by atoms with E-state index in [4.69, 9.17) is 22.7 Å². The quantitative estimate of drug-likeness (QED) is 0.832. The van der Waals surface area contributed by atoms with E-state index in [0.717, 1.165) is 35.7 Å². The number of nitrogens with one attached hydrogen (secondary N) is 1. The lowest BCUT2D eigenvalue weighted by Crippen LogP contribution is -2.42. The molecule has 2 atom stereocenters. The highest BCUT2D eigenvalue weighted by atomic mass is 32.1. The molecule has 1 aromatic heterocycles. The molecule has 0 spiro atoms. The van der Waals surface area contributed by atoms with E-state index in [1.807, 2.05) is 19.9 Å². The lowest BCUT2D eigenvalue weighted by Gasteiger charge is -2.30. The van der Waals surface area contributed by atoms with E-state index < -0.39 is 0 Å². The summed E-state index contributed by atoms with van der Waals surface area (Å²) in [6.07, 6.45) is 1.08. The van der Waals surface area contributed by atoms with Crippen LogP contribution < -0.4 is 11.1 Å². The molecule has 19 heavy (non-hydrogen) atoms. The highest BCUT2D eigenvalue weighted by molar-refractivity contribution is 7.80. The number of thiocarbonyl (C=S) groups is 1. The molecule has 4 nitrogen and oxygen atoms in total. The smallest absolute Gasteiger partial charge is 0.137 e. The van der Waals surface area contributed by atoms with E-state index in [2.05, 4.69) is 24.1 Å². The third kappa shape index (κ3) is 2.72. The molecule has 0 aliphatic carbocycles. The van der Waals surface area contributed by atoms with Crippen LogP contribution in [0.25, 0.3) is 0 Å². The number of ether oxygens (including phenoxy) is 1. The van der Waals surface area contributed by atoms with E-state index in [9.17, 15) is 0 Å². The van der Waals surface area contributed by atoms with Crippen LogP contribution in [-0.4, -0.2) is 28.2 Å². The second kappa shape index (κ2) is 5.06. The number of hydrogen-bond donors (Lipinski definition) is 2. The Morgan fingerprint density at radius 2 is 2.26 bits per heavy atom. The van der Waals surface area contributed by atoms with Crippen LogP contribution in [0.1, 0.15) is 37.1 Å². The predicted octanol–water partition coefficient (Wildman–Crippen LogP) is 2.31. The van der Waals surface area contributed by atoms with Gasteiger partial charge in [-0.15, -0.1) is 0 Å². The molecule has 5 heteroatoms. The van der Waals surface area contributed by atoms with Crippen molar-refractivity contribution in [2.24, 2.45) is 5.73 Å². The van der Waals surface area contributed by atoms with Crippen LogP contribution in [0.2, 0.25) is 0 Å². The summed E-state index contributed by atoms with van der Waals surface area (Å²) >= 11 is 5.15. The SMILES string of the molecule is Cc1cc(C)c(C(N)=S)c(NC2(C)CCOC2C)n1. The van der Waals surface area contributed by atoms with Crippen molar-refractivity contribution >= 4 is 23.0 Å². The Morgan fingerprint density at radius 3 is 2.79 bits per heavy atom. The van der Waals surface area contributed by atoms with E-state index >= 15 is 0 Å². The van der Waals surface area contributed by atoms with Crippen LogP contribution in [0.4, 0.5) is 5.82 Å². The fourth-order valence-electron chi connectivity index (χ4n) is 2.51. The molecule has 0 bridgehead atoms. The Balaban J connectivity index is 2.42. The lowest BCUT2D eigenvalue weighted by atomic mass is 9.94. The fourth-order valence-corrected chi connectivity index (χ4v) is 2.77. The number of nitrogens with zero attached hydrogens (tertiary/aromatic N) is 1. The number of hydrogen-bond acceptors (Lipinski definition) is 4. The molecular weight excluding hydrogens is 258 g/mol. The third-order valence-electron chi connectivity index (χ3n) is 3.88. The van der Waals surface area contributed by atoms with Crippen molar-refractivity contribution in [1.29, 1.82) is 0 Å².